The van der Waals surface area contributed by atoms with Gasteiger partial charge in [-0.2, -0.15) is 8.42 Å². The number of rotatable bonds is 18. The van der Waals surface area contributed by atoms with Crippen molar-refractivity contribution in [2.45, 2.75) is 11.4 Å². The maximum absolute atomic E-state index is 13.5. The molecule has 15 heteroatoms. The number of nitro groups is 2. The summed E-state index contributed by atoms with van der Waals surface area (Å²) in [6.45, 7) is 1.19. The number of amides is 1. The number of para-hydroxylation sites is 1. The molecule has 14 nitrogen and oxygen atoms in total. The number of hydrogen-bond donors (Lipinski definition) is 0. The molecule has 1 aliphatic heterocycles. The van der Waals surface area contributed by atoms with Crippen molar-refractivity contribution in [2.75, 3.05) is 44.5 Å². The van der Waals surface area contributed by atoms with Gasteiger partial charge in [0.25, 0.3) is 27.4 Å². The maximum Gasteiger partial charge on any atom is 0.297 e. The molecule has 0 unspecified atom stereocenters. The number of benzene rings is 4. The number of nitro benzene ring substituents is 2. The van der Waals surface area contributed by atoms with Crippen molar-refractivity contribution in [2.24, 2.45) is 0 Å². The summed E-state index contributed by atoms with van der Waals surface area (Å²) in [6, 6.07) is 25.5. The van der Waals surface area contributed by atoms with Crippen LogP contribution in [0.4, 0.5) is 17.1 Å². The molecule has 4 aromatic rings. The van der Waals surface area contributed by atoms with E-state index in [1.54, 1.807) is 35.3 Å². The maximum atomic E-state index is 13.5. The molecule has 0 spiro atoms. The Hall–Kier alpha value is -5.74. The number of non-ortho nitro benzene ring substituents is 2. The molecular weight excluding hydrogens is 682 g/mol. The fourth-order valence-electron chi connectivity index (χ4n) is 5.01. The first-order valence-corrected chi connectivity index (χ1v) is 17.1. The lowest BCUT2D eigenvalue weighted by Crippen LogP contribution is -2.25. The van der Waals surface area contributed by atoms with Crippen LogP contribution < -0.4 is 9.64 Å². The minimum Gasteiger partial charge on any atom is -0.491 e. The Morgan fingerprint density at radius 2 is 1.29 bits per heavy atom. The average molecular weight is 716 g/mol. The van der Waals surface area contributed by atoms with Crippen molar-refractivity contribution >= 4 is 44.7 Å². The summed E-state index contributed by atoms with van der Waals surface area (Å²) in [5, 5.41) is 21.6. The number of allylic oxidation sites excluding steroid dienone is 2. The van der Waals surface area contributed by atoms with Crippen molar-refractivity contribution in [3.63, 3.8) is 0 Å². The Morgan fingerprint density at radius 1 is 0.706 bits per heavy atom. The highest BCUT2D eigenvalue weighted by molar-refractivity contribution is 7.86. The Morgan fingerprint density at radius 3 is 1.94 bits per heavy atom. The highest BCUT2D eigenvalue weighted by atomic mass is 32.2. The zero-order chi connectivity index (χ0) is 36.2. The standard InChI is InChI=1S/C36H33N3O11S/c40-36-34(6-3-4-27-8-12-29(13-9-27)38(41)42)33-5-1-2-7-35(33)37(36)26-28-10-16-31(17-11-28)49-24-22-47-20-21-48-23-25-50-51(45,46)32-18-14-30(15-19-32)39(43)44/h1-19H,20-26H2/b4-3+,34-6+. The van der Waals surface area contributed by atoms with Crippen LogP contribution in [0, 0.1) is 20.2 Å². The smallest absolute Gasteiger partial charge is 0.297 e. The van der Waals surface area contributed by atoms with Crippen molar-refractivity contribution in [3.05, 3.63) is 146 Å². The fourth-order valence-corrected chi connectivity index (χ4v) is 5.90. The van der Waals surface area contributed by atoms with Crippen LogP contribution in [0.5, 0.6) is 5.75 Å². The van der Waals surface area contributed by atoms with E-state index in [0.29, 0.717) is 24.5 Å². The lowest BCUT2D eigenvalue weighted by molar-refractivity contribution is -0.385. The van der Waals surface area contributed by atoms with Gasteiger partial charge in [-0.15, -0.1) is 0 Å². The molecule has 0 N–H and O–H groups in total. The van der Waals surface area contributed by atoms with Crippen LogP contribution in [-0.4, -0.2) is 63.8 Å². The molecule has 4 aromatic carbocycles. The molecule has 1 heterocycles. The molecule has 1 aliphatic rings. The largest absolute Gasteiger partial charge is 0.491 e. The Balaban J connectivity index is 1.01. The van der Waals surface area contributed by atoms with E-state index in [9.17, 15) is 33.4 Å². The van der Waals surface area contributed by atoms with Crippen molar-refractivity contribution in [1.82, 2.24) is 0 Å². The third kappa shape index (κ3) is 9.92. The molecule has 51 heavy (non-hydrogen) atoms. The van der Waals surface area contributed by atoms with Crippen LogP contribution in [0.3, 0.4) is 0 Å². The Labute approximate surface area is 293 Å². The summed E-state index contributed by atoms with van der Waals surface area (Å²) in [6.07, 6.45) is 5.30. The summed E-state index contributed by atoms with van der Waals surface area (Å²) >= 11 is 0. The van der Waals surface area contributed by atoms with E-state index in [-0.39, 0.29) is 55.2 Å². The lowest BCUT2D eigenvalue weighted by Gasteiger charge is -2.17. The molecule has 0 radical (unpaired) electrons. The van der Waals surface area contributed by atoms with Gasteiger partial charge in [0.05, 0.1) is 60.0 Å². The molecular formula is C36H33N3O11S. The molecule has 0 aliphatic carbocycles. The minimum atomic E-state index is -4.06. The van der Waals surface area contributed by atoms with Gasteiger partial charge in [0.1, 0.15) is 12.4 Å². The summed E-state index contributed by atoms with van der Waals surface area (Å²) in [5.41, 5.74) is 3.65. The summed E-state index contributed by atoms with van der Waals surface area (Å²) in [7, 11) is -4.06. The van der Waals surface area contributed by atoms with Crippen LogP contribution in [0.25, 0.3) is 11.6 Å². The van der Waals surface area contributed by atoms with E-state index in [2.05, 4.69) is 0 Å². The summed E-state index contributed by atoms with van der Waals surface area (Å²) < 4.78 is 45.8. The van der Waals surface area contributed by atoms with Gasteiger partial charge in [-0.3, -0.25) is 29.2 Å². The monoisotopic (exact) mass is 715 g/mol. The van der Waals surface area contributed by atoms with Gasteiger partial charge < -0.3 is 19.1 Å². The highest BCUT2D eigenvalue weighted by Crippen LogP contribution is 2.37. The second-order valence-corrected chi connectivity index (χ2v) is 12.6. The van der Waals surface area contributed by atoms with E-state index >= 15 is 0 Å². The average Bonchev–Trinajstić information content (AvgIpc) is 3.39. The number of nitrogens with zero attached hydrogens (tertiary/aromatic N) is 3. The number of hydrogen-bond acceptors (Lipinski definition) is 11. The van der Waals surface area contributed by atoms with Crippen molar-refractivity contribution in [3.8, 4) is 5.75 Å². The number of anilines is 1. The van der Waals surface area contributed by atoms with Gasteiger partial charge in [-0.25, -0.2) is 0 Å². The molecule has 0 saturated heterocycles. The van der Waals surface area contributed by atoms with E-state index < -0.39 is 20.0 Å². The van der Waals surface area contributed by atoms with Crippen LogP contribution >= 0.6 is 0 Å². The molecule has 1 amide bonds. The zero-order valence-electron chi connectivity index (χ0n) is 27.2. The van der Waals surface area contributed by atoms with Crippen molar-refractivity contribution in [1.29, 1.82) is 0 Å². The number of carbonyl (C=O) groups excluding carboxylic acids is 1. The third-order valence-electron chi connectivity index (χ3n) is 7.55. The zero-order valence-corrected chi connectivity index (χ0v) is 28.0. The number of fused-ring (bicyclic) bond motifs is 1. The Bertz CT molecular complexity index is 2010. The quantitative estimate of drug-likeness (QED) is 0.0390. The molecule has 5 rings (SSSR count). The lowest BCUT2D eigenvalue weighted by atomic mass is 10.1. The van der Waals surface area contributed by atoms with E-state index in [4.69, 9.17) is 18.4 Å². The molecule has 264 valence electrons. The first-order valence-electron chi connectivity index (χ1n) is 15.7. The molecule has 0 saturated carbocycles. The van der Waals surface area contributed by atoms with Gasteiger partial charge in [0.2, 0.25) is 0 Å². The number of ether oxygens (including phenoxy) is 3. The SMILES string of the molecule is O=C1/C(=C/C=C/c2ccc([N+](=O)[O-])cc2)c2ccccc2N1Cc1ccc(OCCOCCOCCOS(=O)(=O)c2ccc([N+](=O)[O-])cc2)cc1. The highest BCUT2D eigenvalue weighted by Gasteiger charge is 2.31. The first-order chi connectivity index (χ1) is 24.6. The topological polar surface area (TPSA) is 178 Å². The molecule has 0 bridgehead atoms. The van der Waals surface area contributed by atoms with Gasteiger partial charge >= 0.3 is 0 Å². The minimum absolute atomic E-state index is 0.00591. The Kier molecular flexibility index (Phi) is 12.4. The number of carbonyl (C=O) groups is 1. The van der Waals surface area contributed by atoms with Crippen LogP contribution in [0.15, 0.2) is 114 Å². The van der Waals surface area contributed by atoms with Crippen molar-refractivity contribution < 1.29 is 41.5 Å². The normalized spacial score (nSPS) is 13.5. The summed E-state index contributed by atoms with van der Waals surface area (Å²) in [4.78, 5) is 35.5. The van der Waals surface area contributed by atoms with E-state index in [1.807, 2.05) is 48.5 Å². The van der Waals surface area contributed by atoms with Gasteiger partial charge in [-0.05, 0) is 59.7 Å². The van der Waals surface area contributed by atoms with E-state index in [0.717, 1.165) is 46.6 Å². The fraction of sp³-hybridized carbons (Fsp3) is 0.194. The molecule has 0 fully saturated rings. The van der Waals surface area contributed by atoms with Gasteiger partial charge in [0.15, 0.2) is 0 Å². The summed E-state index contributed by atoms with van der Waals surface area (Å²) in [5.74, 6) is 0.501. The van der Waals surface area contributed by atoms with Gasteiger partial charge in [0, 0.05) is 35.4 Å². The molecule has 0 aromatic heterocycles. The van der Waals surface area contributed by atoms with Crippen LogP contribution in [-0.2, 0) is 35.1 Å². The second kappa shape index (κ2) is 17.3. The second-order valence-electron chi connectivity index (χ2n) is 10.9. The van der Waals surface area contributed by atoms with Crippen LogP contribution in [0.1, 0.15) is 16.7 Å². The van der Waals surface area contributed by atoms with Crippen LogP contribution in [0.2, 0.25) is 0 Å². The first kappa shape index (κ1) is 36.5. The van der Waals surface area contributed by atoms with Gasteiger partial charge in [-0.1, -0.05) is 42.5 Å². The van der Waals surface area contributed by atoms with E-state index in [1.165, 1.54) is 12.1 Å². The predicted molar refractivity (Wildman–Crippen MR) is 188 cm³/mol. The molecule has 0 atom stereocenters. The third-order valence-corrected chi connectivity index (χ3v) is 8.88. The predicted octanol–water partition coefficient (Wildman–Crippen LogP) is 5.96.